The molecule has 2 unspecified atom stereocenters. The third-order valence-electron chi connectivity index (χ3n) is 8.66. The Morgan fingerprint density at radius 3 is 2.71 bits per heavy atom. The van der Waals surface area contributed by atoms with Crippen LogP contribution in [0.5, 0.6) is 5.75 Å². The van der Waals surface area contributed by atoms with Crippen molar-refractivity contribution in [2.24, 2.45) is 0 Å². The Kier molecular flexibility index (Phi) is 4.82. The molecule has 3 aromatic rings. The predicted molar refractivity (Wildman–Crippen MR) is 137 cm³/mol. The summed E-state index contributed by atoms with van der Waals surface area (Å²) in [6.07, 6.45) is 6.64. The monoisotopic (exact) mass is 465 g/mol. The van der Waals surface area contributed by atoms with E-state index in [0.29, 0.717) is 12.5 Å². The van der Waals surface area contributed by atoms with E-state index in [-0.39, 0.29) is 12.0 Å². The molecule has 2 atom stereocenters. The molecule has 3 aromatic carbocycles. The Morgan fingerprint density at radius 2 is 1.91 bits per heavy atom. The molecule has 35 heavy (non-hydrogen) atoms. The molecule has 0 spiro atoms. The van der Waals surface area contributed by atoms with Crippen LogP contribution in [0.15, 0.2) is 36.4 Å². The van der Waals surface area contributed by atoms with Crippen LogP contribution < -0.4 is 10.1 Å². The maximum atomic E-state index is 13.3. The van der Waals surface area contributed by atoms with Crippen LogP contribution in [0.3, 0.4) is 0 Å². The number of carbonyl (C=O) groups is 1. The Bertz CT molecular complexity index is 1380. The Morgan fingerprint density at radius 1 is 1.00 bits per heavy atom. The highest BCUT2D eigenvalue weighted by Gasteiger charge is 2.40. The molecule has 2 aliphatic carbocycles. The maximum absolute atomic E-state index is 13.3. The molecule has 0 bridgehead atoms. The van der Waals surface area contributed by atoms with Crippen LogP contribution in [0.4, 0.5) is 0 Å². The largest absolute Gasteiger partial charge is 0.497 e. The lowest BCUT2D eigenvalue weighted by Crippen LogP contribution is -2.16. The van der Waals surface area contributed by atoms with Crippen LogP contribution in [0.1, 0.15) is 88.4 Å². The summed E-state index contributed by atoms with van der Waals surface area (Å²) in [6.45, 7) is 3.75. The van der Waals surface area contributed by atoms with Gasteiger partial charge in [-0.1, -0.05) is 25.1 Å². The van der Waals surface area contributed by atoms with Crippen LogP contribution in [0, 0.1) is 0 Å². The topological polar surface area (TPSA) is 47.6 Å². The number of nitrogens with one attached hydrogen (secondary N) is 1. The van der Waals surface area contributed by atoms with Crippen molar-refractivity contribution in [2.45, 2.75) is 64.0 Å². The zero-order chi connectivity index (χ0) is 23.7. The lowest BCUT2D eigenvalue weighted by molar-refractivity contribution is 0.0150. The van der Waals surface area contributed by atoms with Gasteiger partial charge >= 0.3 is 0 Å². The molecule has 4 aliphatic rings. The molecule has 0 radical (unpaired) electrons. The minimum absolute atomic E-state index is 0.0657. The smallest absolute Gasteiger partial charge is 0.252 e. The van der Waals surface area contributed by atoms with E-state index in [2.05, 4.69) is 42.6 Å². The maximum Gasteiger partial charge on any atom is 0.252 e. The van der Waals surface area contributed by atoms with Crippen molar-refractivity contribution >= 4 is 5.91 Å². The highest BCUT2D eigenvalue weighted by atomic mass is 16.5. The van der Waals surface area contributed by atoms with Crippen molar-refractivity contribution in [3.05, 3.63) is 75.3 Å². The summed E-state index contributed by atoms with van der Waals surface area (Å²) in [5, 5.41) is 3.17. The molecule has 4 heteroatoms. The minimum atomic E-state index is 0.0657. The first kappa shape index (κ1) is 21.2. The highest BCUT2D eigenvalue weighted by Crippen LogP contribution is 2.56. The minimum Gasteiger partial charge on any atom is -0.497 e. The van der Waals surface area contributed by atoms with E-state index < -0.39 is 0 Å². The molecule has 0 aromatic heterocycles. The first-order valence-electron chi connectivity index (χ1n) is 13.1. The van der Waals surface area contributed by atoms with Gasteiger partial charge in [-0.05, 0) is 112 Å². The lowest BCUT2D eigenvalue weighted by Gasteiger charge is -2.27. The highest BCUT2D eigenvalue weighted by molar-refractivity contribution is 6.09. The van der Waals surface area contributed by atoms with Gasteiger partial charge in [0, 0.05) is 19.1 Å². The number of benzene rings is 3. The summed E-state index contributed by atoms with van der Waals surface area (Å²) < 4.78 is 11.7. The molecule has 0 saturated carbocycles. The fraction of sp³-hybridized carbons (Fsp3) is 0.387. The fourth-order valence-electron chi connectivity index (χ4n) is 7.09. The van der Waals surface area contributed by atoms with Gasteiger partial charge in [0.1, 0.15) is 5.75 Å². The summed E-state index contributed by atoms with van der Waals surface area (Å²) in [5.41, 5.74) is 13.9. The predicted octanol–water partition coefficient (Wildman–Crippen LogP) is 6.47. The van der Waals surface area contributed by atoms with Crippen LogP contribution >= 0.6 is 0 Å². The molecular formula is C31H31NO3. The van der Waals surface area contributed by atoms with E-state index in [1.54, 1.807) is 7.11 Å². The average molecular weight is 466 g/mol. The number of ether oxygens (including phenoxy) is 2. The van der Waals surface area contributed by atoms with Crippen molar-refractivity contribution in [2.75, 3.05) is 13.7 Å². The number of rotatable bonds is 3. The van der Waals surface area contributed by atoms with E-state index in [1.165, 1.54) is 62.1 Å². The van der Waals surface area contributed by atoms with Crippen molar-refractivity contribution in [1.29, 1.82) is 0 Å². The van der Waals surface area contributed by atoms with Crippen molar-refractivity contribution in [3.63, 3.8) is 0 Å². The SMILES string of the molecule is CCC1c2ccc(C3CCCCO3)cc2-c2c3c(c4c(c21)CCc1cc(OC)ccc1-4)C(=O)NC3. The second-order valence-electron chi connectivity index (χ2n) is 10.4. The summed E-state index contributed by atoms with van der Waals surface area (Å²) in [7, 11) is 1.71. The van der Waals surface area contributed by atoms with E-state index in [1.807, 2.05) is 6.07 Å². The summed E-state index contributed by atoms with van der Waals surface area (Å²) in [4.78, 5) is 13.3. The number of fused-ring (bicyclic) bond motifs is 10. The zero-order valence-corrected chi connectivity index (χ0v) is 20.5. The quantitative estimate of drug-likeness (QED) is 0.482. The molecule has 1 N–H and O–H groups in total. The number of hydrogen-bond acceptors (Lipinski definition) is 3. The van der Waals surface area contributed by atoms with Crippen LogP contribution in [-0.4, -0.2) is 19.6 Å². The first-order chi connectivity index (χ1) is 17.2. The van der Waals surface area contributed by atoms with Gasteiger partial charge < -0.3 is 14.8 Å². The van der Waals surface area contributed by atoms with Gasteiger partial charge in [0.2, 0.25) is 0 Å². The zero-order valence-electron chi connectivity index (χ0n) is 20.5. The second-order valence-corrected chi connectivity index (χ2v) is 10.4. The molecule has 2 heterocycles. The van der Waals surface area contributed by atoms with E-state index >= 15 is 0 Å². The van der Waals surface area contributed by atoms with Gasteiger partial charge in [0.15, 0.2) is 0 Å². The molecular weight excluding hydrogens is 434 g/mol. The molecule has 1 saturated heterocycles. The van der Waals surface area contributed by atoms with E-state index in [4.69, 9.17) is 9.47 Å². The van der Waals surface area contributed by atoms with E-state index in [0.717, 1.165) is 50.0 Å². The van der Waals surface area contributed by atoms with Gasteiger partial charge in [0.25, 0.3) is 5.91 Å². The molecule has 7 rings (SSSR count). The van der Waals surface area contributed by atoms with Crippen molar-refractivity contribution < 1.29 is 14.3 Å². The number of hydrogen-bond donors (Lipinski definition) is 1. The normalized spacial score (nSPS) is 21.5. The number of aryl methyl sites for hydroxylation is 1. The number of carbonyl (C=O) groups excluding carboxylic acids is 1. The van der Waals surface area contributed by atoms with Gasteiger partial charge in [-0.25, -0.2) is 0 Å². The lowest BCUT2D eigenvalue weighted by atomic mass is 9.75. The van der Waals surface area contributed by atoms with Gasteiger partial charge in [-0.15, -0.1) is 0 Å². The van der Waals surface area contributed by atoms with Crippen LogP contribution in [0.25, 0.3) is 22.3 Å². The van der Waals surface area contributed by atoms with Gasteiger partial charge in [0.05, 0.1) is 18.8 Å². The molecule has 2 aliphatic heterocycles. The molecule has 178 valence electrons. The average Bonchev–Trinajstić information content (AvgIpc) is 3.45. The first-order valence-corrected chi connectivity index (χ1v) is 13.1. The molecule has 1 amide bonds. The van der Waals surface area contributed by atoms with Gasteiger partial charge in [-0.2, -0.15) is 0 Å². The Hall–Kier alpha value is -3.11. The number of methoxy groups -OCH3 is 1. The summed E-state index contributed by atoms with van der Waals surface area (Å²) in [6, 6.07) is 13.4. The fourth-order valence-corrected chi connectivity index (χ4v) is 7.09. The van der Waals surface area contributed by atoms with Crippen molar-refractivity contribution in [3.8, 4) is 28.0 Å². The summed E-state index contributed by atoms with van der Waals surface area (Å²) >= 11 is 0. The van der Waals surface area contributed by atoms with Crippen LogP contribution in [-0.2, 0) is 24.1 Å². The third kappa shape index (κ3) is 2.99. The number of amides is 1. The third-order valence-corrected chi connectivity index (χ3v) is 8.66. The van der Waals surface area contributed by atoms with Crippen LogP contribution in [0.2, 0.25) is 0 Å². The standard InChI is InChI=1S/C31H31NO3/c1-3-20-22-10-8-18(26-6-4-5-13-35-26)15-24(22)29-25-16-32-31(33)30(25)28-21-12-9-19(34-2)14-17(21)7-11-23(28)27(20)29/h8-10,12,14-15,20,26H,3-7,11,13,16H2,1-2H3,(H,32,33). The van der Waals surface area contributed by atoms with Crippen molar-refractivity contribution in [1.82, 2.24) is 5.32 Å². The second kappa shape index (κ2) is 7.96. The Balaban J connectivity index is 1.49. The van der Waals surface area contributed by atoms with E-state index in [9.17, 15) is 4.79 Å². The Labute approximate surface area is 206 Å². The summed E-state index contributed by atoms with van der Waals surface area (Å²) in [5.74, 6) is 1.32. The van der Waals surface area contributed by atoms with Gasteiger partial charge in [-0.3, -0.25) is 4.79 Å². The molecule has 1 fully saturated rings. The molecule has 4 nitrogen and oxygen atoms in total.